The summed E-state index contributed by atoms with van der Waals surface area (Å²) in [6.45, 7) is 2.36. The molecule has 0 aliphatic carbocycles. The molecule has 1 aromatic carbocycles. The number of anilines is 3. The fourth-order valence-corrected chi connectivity index (χ4v) is 2.29. The first-order valence-electron chi connectivity index (χ1n) is 6.30. The number of halogens is 1. The number of nitrogens with zero attached hydrogens (tertiary/aromatic N) is 3. The number of ether oxygens (including phenoxy) is 1. The third-order valence-electron chi connectivity index (χ3n) is 2.63. The van der Waals surface area contributed by atoms with Crippen LogP contribution in [-0.2, 0) is 0 Å². The summed E-state index contributed by atoms with van der Waals surface area (Å²) in [5.41, 5.74) is 2.00. The minimum absolute atomic E-state index is 0.00695. The lowest BCUT2D eigenvalue weighted by molar-refractivity contribution is 0.310. The van der Waals surface area contributed by atoms with Crippen molar-refractivity contribution in [1.82, 2.24) is 15.0 Å². The lowest BCUT2D eigenvalue weighted by Gasteiger charge is -2.11. The van der Waals surface area contributed by atoms with Crippen molar-refractivity contribution in [3.8, 4) is 6.01 Å². The topological polar surface area (TPSA) is 92.2 Å². The Bertz CT molecular complexity index is 624. The summed E-state index contributed by atoms with van der Waals surface area (Å²) in [6.07, 6.45) is 0. The van der Waals surface area contributed by atoms with Gasteiger partial charge in [-0.25, -0.2) is 0 Å². The van der Waals surface area contributed by atoms with Gasteiger partial charge in [-0.05, 0) is 53.3 Å². The van der Waals surface area contributed by atoms with Crippen molar-refractivity contribution in [3.05, 3.63) is 27.3 Å². The minimum atomic E-state index is -0.00695. The van der Waals surface area contributed by atoms with Crippen molar-refractivity contribution >= 4 is 40.2 Å². The SMILES string of the molecule is COc1nc(NCCO)nc(Nc2ccc(I)cc2C)n1. The molecule has 21 heavy (non-hydrogen) atoms. The zero-order chi connectivity index (χ0) is 15.2. The third-order valence-corrected chi connectivity index (χ3v) is 3.30. The zero-order valence-corrected chi connectivity index (χ0v) is 13.9. The maximum absolute atomic E-state index is 8.84. The molecule has 2 rings (SSSR count). The van der Waals surface area contributed by atoms with Crippen LogP contribution in [0.15, 0.2) is 18.2 Å². The maximum atomic E-state index is 8.84. The van der Waals surface area contributed by atoms with Crippen LogP contribution in [0.4, 0.5) is 17.6 Å². The molecule has 0 radical (unpaired) electrons. The van der Waals surface area contributed by atoms with E-state index in [-0.39, 0.29) is 12.6 Å². The van der Waals surface area contributed by atoms with E-state index in [1.54, 1.807) is 0 Å². The molecule has 0 aliphatic rings. The van der Waals surface area contributed by atoms with E-state index in [1.165, 1.54) is 7.11 Å². The summed E-state index contributed by atoms with van der Waals surface area (Å²) in [7, 11) is 1.49. The second-order valence-electron chi connectivity index (χ2n) is 4.20. The molecule has 112 valence electrons. The number of nitrogens with one attached hydrogen (secondary N) is 2. The fraction of sp³-hybridized carbons (Fsp3) is 0.308. The summed E-state index contributed by atoms with van der Waals surface area (Å²) in [4.78, 5) is 12.5. The number of aromatic nitrogens is 3. The number of aliphatic hydroxyl groups is 1. The molecule has 0 amide bonds. The van der Waals surface area contributed by atoms with E-state index >= 15 is 0 Å². The molecule has 0 aliphatic heterocycles. The number of hydrogen-bond acceptors (Lipinski definition) is 7. The van der Waals surface area contributed by atoms with Crippen molar-refractivity contribution in [2.45, 2.75) is 6.92 Å². The van der Waals surface area contributed by atoms with E-state index in [2.05, 4.69) is 54.2 Å². The van der Waals surface area contributed by atoms with Gasteiger partial charge in [0, 0.05) is 15.8 Å². The Morgan fingerprint density at radius 2 is 2.00 bits per heavy atom. The lowest BCUT2D eigenvalue weighted by atomic mass is 10.2. The van der Waals surface area contributed by atoms with Gasteiger partial charge in [-0.1, -0.05) is 0 Å². The van der Waals surface area contributed by atoms with Crippen LogP contribution in [0.25, 0.3) is 0 Å². The maximum Gasteiger partial charge on any atom is 0.322 e. The molecule has 0 fully saturated rings. The minimum Gasteiger partial charge on any atom is -0.467 e. The first-order chi connectivity index (χ1) is 10.1. The molecule has 1 aromatic heterocycles. The van der Waals surface area contributed by atoms with Gasteiger partial charge in [0.15, 0.2) is 0 Å². The highest BCUT2D eigenvalue weighted by Crippen LogP contribution is 2.21. The molecule has 2 aromatic rings. The number of aliphatic hydroxyl groups excluding tert-OH is 1. The van der Waals surface area contributed by atoms with E-state index in [9.17, 15) is 0 Å². The monoisotopic (exact) mass is 401 g/mol. The second kappa shape index (κ2) is 7.36. The Labute approximate surface area is 136 Å². The fourth-order valence-electron chi connectivity index (χ4n) is 1.64. The highest BCUT2D eigenvalue weighted by Gasteiger charge is 2.08. The van der Waals surface area contributed by atoms with Crippen LogP contribution in [0.5, 0.6) is 6.01 Å². The zero-order valence-electron chi connectivity index (χ0n) is 11.7. The van der Waals surface area contributed by atoms with E-state index in [0.29, 0.717) is 18.4 Å². The molecule has 0 spiro atoms. The van der Waals surface area contributed by atoms with E-state index in [4.69, 9.17) is 9.84 Å². The van der Waals surface area contributed by atoms with Gasteiger partial charge < -0.3 is 20.5 Å². The first-order valence-corrected chi connectivity index (χ1v) is 7.38. The molecule has 3 N–H and O–H groups in total. The molecule has 0 saturated heterocycles. The lowest BCUT2D eigenvalue weighted by Crippen LogP contribution is -2.11. The number of aryl methyl sites for hydroxylation is 1. The number of rotatable bonds is 6. The Morgan fingerprint density at radius 1 is 1.24 bits per heavy atom. The highest BCUT2D eigenvalue weighted by molar-refractivity contribution is 14.1. The van der Waals surface area contributed by atoms with Crippen LogP contribution in [0, 0.1) is 10.5 Å². The molecule has 8 heteroatoms. The van der Waals surface area contributed by atoms with Crippen LogP contribution in [-0.4, -0.2) is 40.3 Å². The van der Waals surface area contributed by atoms with E-state index in [1.807, 2.05) is 19.1 Å². The summed E-state index contributed by atoms with van der Waals surface area (Å²) in [5.74, 6) is 0.730. The van der Waals surface area contributed by atoms with E-state index < -0.39 is 0 Å². The van der Waals surface area contributed by atoms with Gasteiger partial charge >= 0.3 is 6.01 Å². The molecule has 1 heterocycles. The predicted octanol–water partition coefficient (Wildman–Crippen LogP) is 1.94. The average molecular weight is 401 g/mol. The van der Waals surface area contributed by atoms with Crippen molar-refractivity contribution in [2.75, 3.05) is 30.9 Å². The van der Waals surface area contributed by atoms with Gasteiger partial charge in [0.25, 0.3) is 0 Å². The Morgan fingerprint density at radius 3 is 2.67 bits per heavy atom. The van der Waals surface area contributed by atoms with Gasteiger partial charge in [0.1, 0.15) is 0 Å². The highest BCUT2D eigenvalue weighted by atomic mass is 127. The van der Waals surface area contributed by atoms with Crippen LogP contribution < -0.4 is 15.4 Å². The largest absolute Gasteiger partial charge is 0.467 e. The van der Waals surface area contributed by atoms with Crippen molar-refractivity contribution in [2.24, 2.45) is 0 Å². The smallest absolute Gasteiger partial charge is 0.322 e. The van der Waals surface area contributed by atoms with Crippen molar-refractivity contribution in [3.63, 3.8) is 0 Å². The standard InChI is InChI=1S/C13H16IN5O2/c1-8-7-9(14)3-4-10(8)16-12-17-11(15-5-6-20)18-13(19-12)21-2/h3-4,7,20H,5-6H2,1-2H3,(H2,15,16,17,18,19). The Hall–Kier alpha value is -1.68. The Kier molecular flexibility index (Phi) is 5.51. The Balaban J connectivity index is 2.25. The average Bonchev–Trinajstić information content (AvgIpc) is 2.48. The molecule has 0 unspecified atom stereocenters. The second-order valence-corrected chi connectivity index (χ2v) is 5.45. The summed E-state index contributed by atoms with van der Waals surface area (Å²) >= 11 is 2.26. The van der Waals surface area contributed by atoms with Gasteiger partial charge in [0.2, 0.25) is 11.9 Å². The predicted molar refractivity (Wildman–Crippen MR) is 89.1 cm³/mol. The summed E-state index contributed by atoms with van der Waals surface area (Å²) in [6, 6.07) is 6.23. The van der Waals surface area contributed by atoms with Crippen molar-refractivity contribution in [1.29, 1.82) is 0 Å². The van der Waals surface area contributed by atoms with Crippen LogP contribution >= 0.6 is 22.6 Å². The number of benzene rings is 1. The molecule has 0 saturated carbocycles. The van der Waals surface area contributed by atoms with E-state index in [0.717, 1.165) is 14.8 Å². The molecule has 0 bridgehead atoms. The molecule has 0 atom stereocenters. The molecule has 7 nitrogen and oxygen atoms in total. The quantitative estimate of drug-likeness (QED) is 0.638. The van der Waals surface area contributed by atoms with Gasteiger partial charge in [0.05, 0.1) is 13.7 Å². The third kappa shape index (κ3) is 4.39. The summed E-state index contributed by atoms with van der Waals surface area (Å²) in [5, 5.41) is 14.9. The molecular formula is C13H16IN5O2. The number of hydrogen-bond donors (Lipinski definition) is 3. The van der Waals surface area contributed by atoms with Crippen LogP contribution in [0.2, 0.25) is 0 Å². The van der Waals surface area contributed by atoms with Crippen LogP contribution in [0.3, 0.4) is 0 Å². The van der Waals surface area contributed by atoms with Gasteiger partial charge in [-0.15, -0.1) is 0 Å². The van der Waals surface area contributed by atoms with Gasteiger partial charge in [-0.2, -0.15) is 15.0 Å². The van der Waals surface area contributed by atoms with Gasteiger partial charge in [-0.3, -0.25) is 0 Å². The normalized spacial score (nSPS) is 10.3. The summed E-state index contributed by atoms with van der Waals surface area (Å²) < 4.78 is 6.22. The molecular weight excluding hydrogens is 385 g/mol. The van der Waals surface area contributed by atoms with Crippen LogP contribution in [0.1, 0.15) is 5.56 Å². The number of methoxy groups -OCH3 is 1. The first kappa shape index (κ1) is 15.7. The van der Waals surface area contributed by atoms with Crippen molar-refractivity contribution < 1.29 is 9.84 Å².